The van der Waals surface area contributed by atoms with Gasteiger partial charge in [-0.1, -0.05) is 17.2 Å². The Morgan fingerprint density at radius 1 is 1.53 bits per heavy atom. The van der Waals surface area contributed by atoms with Gasteiger partial charge < -0.3 is 0 Å². The van der Waals surface area contributed by atoms with E-state index in [2.05, 4.69) is 21.4 Å². The van der Waals surface area contributed by atoms with Gasteiger partial charge in [-0.05, 0) is 29.5 Å². The fourth-order valence-corrected chi connectivity index (χ4v) is 1.75. The summed E-state index contributed by atoms with van der Waals surface area (Å²) in [5.74, 6) is 0. The molecule has 0 aliphatic carbocycles. The summed E-state index contributed by atoms with van der Waals surface area (Å²) in [6, 6.07) is 9.65. The summed E-state index contributed by atoms with van der Waals surface area (Å²) in [5, 5.41) is 15.5. The van der Waals surface area contributed by atoms with E-state index in [1.807, 2.05) is 30.5 Å². The van der Waals surface area contributed by atoms with Crippen LogP contribution in [0.3, 0.4) is 0 Å². The molecule has 17 heavy (non-hydrogen) atoms. The molecule has 0 radical (unpaired) electrons. The molecule has 0 heterocycles. The van der Waals surface area contributed by atoms with Crippen molar-refractivity contribution in [3.63, 3.8) is 0 Å². The number of azide groups is 1. The Morgan fingerprint density at radius 2 is 2.24 bits per heavy atom. The summed E-state index contributed by atoms with van der Waals surface area (Å²) >= 11 is 1.66. The van der Waals surface area contributed by atoms with Gasteiger partial charge in [0.25, 0.3) is 0 Å². The molecule has 88 valence electrons. The molecule has 0 fully saturated rings. The Hall–Kier alpha value is -1.67. The molecular formula is C11H13N5S. The Balaban J connectivity index is 2.60. The highest BCUT2D eigenvalue weighted by atomic mass is 32.2. The Morgan fingerprint density at radius 3 is 2.76 bits per heavy atom. The number of nitrogens with one attached hydrogen (secondary N) is 1. The summed E-state index contributed by atoms with van der Waals surface area (Å²) in [4.78, 5) is 3.82. The van der Waals surface area contributed by atoms with Gasteiger partial charge in [0.2, 0.25) is 0 Å². The van der Waals surface area contributed by atoms with Crippen LogP contribution in [0.1, 0.15) is 11.6 Å². The van der Waals surface area contributed by atoms with E-state index in [1.54, 1.807) is 11.8 Å². The van der Waals surface area contributed by atoms with Gasteiger partial charge in [-0.2, -0.15) is 5.26 Å². The van der Waals surface area contributed by atoms with Crippen LogP contribution in [0.4, 0.5) is 0 Å². The van der Waals surface area contributed by atoms with Crippen LogP contribution < -0.4 is 5.32 Å². The number of hydrogen-bond donors (Lipinski definition) is 1. The maximum absolute atomic E-state index is 9.04. The minimum Gasteiger partial charge on any atom is -0.298 e. The minimum absolute atomic E-state index is 0.345. The van der Waals surface area contributed by atoms with E-state index in [9.17, 15) is 0 Å². The van der Waals surface area contributed by atoms with Crippen LogP contribution in [-0.4, -0.2) is 19.3 Å². The highest BCUT2D eigenvalue weighted by molar-refractivity contribution is 7.98. The molecular weight excluding hydrogens is 234 g/mol. The first kappa shape index (κ1) is 13.4. The van der Waals surface area contributed by atoms with Crippen molar-refractivity contribution in [2.75, 3.05) is 19.3 Å². The molecule has 0 aliphatic heterocycles. The lowest BCUT2D eigenvalue weighted by Crippen LogP contribution is -2.22. The second-order valence-corrected chi connectivity index (χ2v) is 4.12. The van der Waals surface area contributed by atoms with Gasteiger partial charge in [-0.25, -0.2) is 0 Å². The predicted molar refractivity (Wildman–Crippen MR) is 68.6 cm³/mol. The first-order chi connectivity index (χ1) is 8.31. The third-order valence-electron chi connectivity index (χ3n) is 2.20. The largest absolute Gasteiger partial charge is 0.298 e. The molecule has 1 unspecified atom stereocenters. The molecule has 1 aromatic rings. The molecule has 1 N–H and O–H groups in total. The van der Waals surface area contributed by atoms with Crippen LogP contribution in [0.5, 0.6) is 0 Å². The van der Waals surface area contributed by atoms with Crippen LogP contribution >= 0.6 is 11.8 Å². The minimum atomic E-state index is -0.361. The zero-order valence-electron chi connectivity index (χ0n) is 9.50. The molecule has 5 nitrogen and oxygen atoms in total. The van der Waals surface area contributed by atoms with E-state index in [1.165, 1.54) is 4.90 Å². The topological polar surface area (TPSA) is 84.6 Å². The van der Waals surface area contributed by atoms with Gasteiger partial charge in [-0.15, -0.1) is 11.8 Å². The summed E-state index contributed by atoms with van der Waals surface area (Å²) < 4.78 is 0. The molecule has 6 heteroatoms. The lowest BCUT2D eigenvalue weighted by Gasteiger charge is -2.11. The van der Waals surface area contributed by atoms with Gasteiger partial charge in [0.15, 0.2) is 0 Å². The van der Waals surface area contributed by atoms with Crippen molar-refractivity contribution in [1.29, 1.82) is 5.26 Å². The summed E-state index contributed by atoms with van der Waals surface area (Å²) in [7, 11) is 0. The second kappa shape index (κ2) is 7.58. The summed E-state index contributed by atoms with van der Waals surface area (Å²) in [5.41, 5.74) is 9.05. The van der Waals surface area contributed by atoms with Crippen molar-refractivity contribution < 1.29 is 0 Å². The summed E-state index contributed by atoms with van der Waals surface area (Å²) in [6.07, 6.45) is 2.01. The lowest BCUT2D eigenvalue weighted by atomic mass is 10.1. The van der Waals surface area contributed by atoms with E-state index in [0.29, 0.717) is 13.1 Å². The monoisotopic (exact) mass is 247 g/mol. The fraction of sp³-hybridized carbons (Fsp3) is 0.364. The SMILES string of the molecule is CSc1ccc(C(C#N)NCCN=[N+]=[N-])cc1. The Kier molecular flexibility index (Phi) is 5.97. The molecule has 0 aliphatic rings. The number of hydrogen-bond acceptors (Lipinski definition) is 4. The average Bonchev–Trinajstić information content (AvgIpc) is 2.39. The number of nitrogens with zero attached hydrogens (tertiary/aromatic N) is 4. The standard InChI is InChI=1S/C11H13N5S/c1-17-10-4-2-9(3-5-10)11(8-12)14-6-7-15-16-13/h2-5,11,14H,6-7H2,1H3. The molecule has 0 saturated carbocycles. The second-order valence-electron chi connectivity index (χ2n) is 3.24. The van der Waals surface area contributed by atoms with Crippen LogP contribution in [0, 0.1) is 11.3 Å². The van der Waals surface area contributed by atoms with Crippen LogP contribution in [0.15, 0.2) is 34.3 Å². The molecule has 1 rings (SSSR count). The van der Waals surface area contributed by atoms with Gasteiger partial charge in [-0.3, -0.25) is 5.32 Å². The maximum atomic E-state index is 9.04. The van der Waals surface area contributed by atoms with Crippen molar-refractivity contribution in [3.05, 3.63) is 40.3 Å². The van der Waals surface area contributed by atoms with Crippen molar-refractivity contribution in [3.8, 4) is 6.07 Å². The van der Waals surface area contributed by atoms with Crippen LogP contribution in [0.25, 0.3) is 10.4 Å². The highest BCUT2D eigenvalue weighted by Crippen LogP contribution is 2.18. The molecule has 1 atom stereocenters. The normalized spacial score (nSPS) is 11.3. The number of nitriles is 1. The number of rotatable bonds is 6. The Bertz CT molecular complexity index is 430. The molecule has 0 saturated heterocycles. The number of benzene rings is 1. The first-order valence-electron chi connectivity index (χ1n) is 5.09. The third kappa shape index (κ3) is 4.37. The Labute approximate surface area is 104 Å². The maximum Gasteiger partial charge on any atom is 0.121 e. The smallest absolute Gasteiger partial charge is 0.121 e. The predicted octanol–water partition coefficient (Wildman–Crippen LogP) is 2.87. The molecule has 1 aromatic carbocycles. The van der Waals surface area contributed by atoms with Crippen molar-refractivity contribution in [1.82, 2.24) is 5.32 Å². The van der Waals surface area contributed by atoms with Gasteiger partial charge in [0, 0.05) is 22.9 Å². The van der Waals surface area contributed by atoms with E-state index in [-0.39, 0.29) is 6.04 Å². The van der Waals surface area contributed by atoms with Crippen molar-refractivity contribution in [2.24, 2.45) is 5.11 Å². The zero-order chi connectivity index (χ0) is 12.5. The summed E-state index contributed by atoms with van der Waals surface area (Å²) in [6.45, 7) is 0.837. The van der Waals surface area contributed by atoms with Crippen LogP contribution in [-0.2, 0) is 0 Å². The lowest BCUT2D eigenvalue weighted by molar-refractivity contribution is 0.635. The van der Waals surface area contributed by atoms with Gasteiger partial charge in [0.1, 0.15) is 6.04 Å². The van der Waals surface area contributed by atoms with E-state index < -0.39 is 0 Å². The van der Waals surface area contributed by atoms with Crippen LogP contribution in [0.2, 0.25) is 0 Å². The number of thioether (sulfide) groups is 1. The molecule has 0 aromatic heterocycles. The highest BCUT2D eigenvalue weighted by Gasteiger charge is 2.08. The van der Waals surface area contributed by atoms with E-state index in [4.69, 9.17) is 10.8 Å². The molecule has 0 spiro atoms. The average molecular weight is 247 g/mol. The van der Waals surface area contributed by atoms with Crippen molar-refractivity contribution >= 4 is 11.8 Å². The van der Waals surface area contributed by atoms with E-state index in [0.717, 1.165) is 5.56 Å². The van der Waals surface area contributed by atoms with Gasteiger partial charge >= 0.3 is 0 Å². The first-order valence-corrected chi connectivity index (χ1v) is 6.32. The van der Waals surface area contributed by atoms with E-state index >= 15 is 0 Å². The molecule has 0 amide bonds. The van der Waals surface area contributed by atoms with Crippen molar-refractivity contribution in [2.45, 2.75) is 10.9 Å². The third-order valence-corrected chi connectivity index (χ3v) is 2.95. The quantitative estimate of drug-likeness (QED) is 0.276. The zero-order valence-corrected chi connectivity index (χ0v) is 10.3. The van der Waals surface area contributed by atoms with Gasteiger partial charge in [0.05, 0.1) is 6.07 Å². The fourth-order valence-electron chi connectivity index (χ4n) is 1.34. The molecule has 0 bridgehead atoms.